The molecule has 0 fully saturated rings. The molecule has 0 spiro atoms. The highest BCUT2D eigenvalue weighted by atomic mass is 79.9. The third-order valence-electron chi connectivity index (χ3n) is 2.65. The van der Waals surface area contributed by atoms with Gasteiger partial charge >= 0.3 is 0 Å². The molecule has 2 aromatic carbocycles. The minimum absolute atomic E-state index is 0.164. The molecule has 0 amide bonds. The van der Waals surface area contributed by atoms with E-state index < -0.39 is 0 Å². The highest BCUT2D eigenvalue weighted by molar-refractivity contribution is 9.11. The van der Waals surface area contributed by atoms with Gasteiger partial charge in [-0.1, -0.05) is 28.1 Å². The first-order valence-corrected chi connectivity index (χ1v) is 7.09. The Morgan fingerprint density at radius 2 is 1.89 bits per heavy atom. The summed E-state index contributed by atoms with van der Waals surface area (Å²) < 4.78 is 15.4. The average molecular weight is 373 g/mol. The van der Waals surface area contributed by atoms with Crippen molar-refractivity contribution < 1.29 is 4.39 Å². The van der Waals surface area contributed by atoms with E-state index in [1.54, 1.807) is 19.1 Å². The van der Waals surface area contributed by atoms with E-state index in [1.807, 2.05) is 24.3 Å². The minimum atomic E-state index is -0.164. The number of benzene rings is 2. The van der Waals surface area contributed by atoms with Crippen molar-refractivity contribution in [3.05, 3.63) is 62.3 Å². The Balaban J connectivity index is 2.11. The SMILES string of the molecule is Cc1ccc(CNc2cc(Br)ccc2Br)cc1F. The third kappa shape index (κ3) is 3.33. The molecule has 0 saturated heterocycles. The number of aryl methyl sites for hydroxylation is 1. The van der Waals surface area contributed by atoms with Crippen LogP contribution in [-0.2, 0) is 6.54 Å². The molecule has 0 saturated carbocycles. The Hall–Kier alpha value is -0.870. The van der Waals surface area contributed by atoms with Crippen LogP contribution in [0.1, 0.15) is 11.1 Å². The second kappa shape index (κ2) is 5.85. The lowest BCUT2D eigenvalue weighted by atomic mass is 10.1. The van der Waals surface area contributed by atoms with Gasteiger partial charge in [-0.3, -0.25) is 0 Å². The van der Waals surface area contributed by atoms with E-state index in [-0.39, 0.29) is 5.82 Å². The lowest BCUT2D eigenvalue weighted by molar-refractivity contribution is 0.616. The summed E-state index contributed by atoms with van der Waals surface area (Å²) in [6.07, 6.45) is 0. The molecule has 0 aromatic heterocycles. The molecule has 0 aliphatic heterocycles. The Labute approximate surface area is 123 Å². The Bertz CT molecular complexity index is 570. The molecule has 2 rings (SSSR count). The number of rotatable bonds is 3. The predicted octanol–water partition coefficient (Wildman–Crippen LogP) is 5.27. The van der Waals surface area contributed by atoms with Crippen LogP contribution in [0.15, 0.2) is 45.3 Å². The third-order valence-corrected chi connectivity index (χ3v) is 3.83. The summed E-state index contributed by atoms with van der Waals surface area (Å²) in [4.78, 5) is 0. The second-order valence-electron chi connectivity index (χ2n) is 4.06. The number of halogens is 3. The maximum atomic E-state index is 13.4. The first-order valence-electron chi connectivity index (χ1n) is 5.50. The minimum Gasteiger partial charge on any atom is -0.380 e. The van der Waals surface area contributed by atoms with Crippen molar-refractivity contribution in [2.24, 2.45) is 0 Å². The summed E-state index contributed by atoms with van der Waals surface area (Å²) in [5, 5.41) is 3.27. The standard InChI is InChI=1S/C14H12Br2FN/c1-9-2-3-10(6-13(9)17)8-18-14-7-11(15)4-5-12(14)16/h2-7,18H,8H2,1H3. The van der Waals surface area contributed by atoms with Crippen molar-refractivity contribution in [1.29, 1.82) is 0 Å². The van der Waals surface area contributed by atoms with Gasteiger partial charge in [-0.05, 0) is 58.2 Å². The highest BCUT2D eigenvalue weighted by Crippen LogP contribution is 2.26. The normalized spacial score (nSPS) is 10.4. The Morgan fingerprint density at radius 1 is 1.11 bits per heavy atom. The van der Waals surface area contributed by atoms with E-state index >= 15 is 0 Å². The van der Waals surface area contributed by atoms with Crippen molar-refractivity contribution in [2.45, 2.75) is 13.5 Å². The zero-order valence-electron chi connectivity index (χ0n) is 9.81. The van der Waals surface area contributed by atoms with E-state index in [9.17, 15) is 4.39 Å². The van der Waals surface area contributed by atoms with Crippen molar-refractivity contribution >= 4 is 37.5 Å². The van der Waals surface area contributed by atoms with Gasteiger partial charge in [-0.15, -0.1) is 0 Å². The predicted molar refractivity (Wildman–Crippen MR) is 80.3 cm³/mol. The largest absolute Gasteiger partial charge is 0.380 e. The lowest BCUT2D eigenvalue weighted by Crippen LogP contribution is -2.01. The van der Waals surface area contributed by atoms with Crippen LogP contribution in [0.2, 0.25) is 0 Å². The van der Waals surface area contributed by atoms with E-state index in [0.29, 0.717) is 12.1 Å². The monoisotopic (exact) mass is 371 g/mol. The molecule has 2 aromatic rings. The molecule has 4 heteroatoms. The van der Waals surface area contributed by atoms with Crippen molar-refractivity contribution in [1.82, 2.24) is 0 Å². The number of anilines is 1. The van der Waals surface area contributed by atoms with Gasteiger partial charge in [-0.2, -0.15) is 0 Å². The maximum absolute atomic E-state index is 13.4. The molecule has 0 heterocycles. The molecule has 0 radical (unpaired) electrons. The Kier molecular flexibility index (Phi) is 4.40. The van der Waals surface area contributed by atoms with Gasteiger partial charge in [0.2, 0.25) is 0 Å². The molecule has 0 unspecified atom stereocenters. The number of nitrogens with one attached hydrogen (secondary N) is 1. The van der Waals surface area contributed by atoms with Crippen LogP contribution >= 0.6 is 31.9 Å². The van der Waals surface area contributed by atoms with Crippen molar-refractivity contribution in [2.75, 3.05) is 5.32 Å². The van der Waals surface area contributed by atoms with Crippen LogP contribution in [0.3, 0.4) is 0 Å². The van der Waals surface area contributed by atoms with Gasteiger partial charge in [-0.25, -0.2) is 4.39 Å². The fraction of sp³-hybridized carbons (Fsp3) is 0.143. The smallest absolute Gasteiger partial charge is 0.126 e. The fourth-order valence-corrected chi connectivity index (χ4v) is 2.32. The highest BCUT2D eigenvalue weighted by Gasteiger charge is 2.02. The van der Waals surface area contributed by atoms with Gasteiger partial charge in [0.25, 0.3) is 0 Å². The van der Waals surface area contributed by atoms with Crippen LogP contribution in [0.5, 0.6) is 0 Å². The van der Waals surface area contributed by atoms with Crippen molar-refractivity contribution in [3.8, 4) is 0 Å². The van der Waals surface area contributed by atoms with Gasteiger partial charge in [0.1, 0.15) is 5.82 Å². The molecule has 1 N–H and O–H groups in total. The number of hydrogen-bond donors (Lipinski definition) is 1. The second-order valence-corrected chi connectivity index (χ2v) is 5.83. The summed E-state index contributed by atoms with van der Waals surface area (Å²) >= 11 is 6.90. The van der Waals surface area contributed by atoms with E-state index in [1.165, 1.54) is 0 Å². The van der Waals surface area contributed by atoms with Gasteiger partial charge < -0.3 is 5.32 Å². The lowest BCUT2D eigenvalue weighted by Gasteiger charge is -2.09. The summed E-state index contributed by atoms with van der Waals surface area (Å²) in [7, 11) is 0. The topological polar surface area (TPSA) is 12.0 Å². The molecule has 94 valence electrons. The molecule has 0 atom stereocenters. The molecule has 0 aliphatic carbocycles. The first kappa shape index (κ1) is 13.6. The van der Waals surface area contributed by atoms with Gasteiger partial charge in [0.15, 0.2) is 0 Å². The summed E-state index contributed by atoms with van der Waals surface area (Å²) in [6, 6.07) is 11.2. The van der Waals surface area contributed by atoms with Crippen LogP contribution < -0.4 is 5.32 Å². The molecular weight excluding hydrogens is 361 g/mol. The zero-order chi connectivity index (χ0) is 13.1. The molecule has 18 heavy (non-hydrogen) atoms. The van der Waals surface area contributed by atoms with Crippen LogP contribution in [0.25, 0.3) is 0 Å². The van der Waals surface area contributed by atoms with Crippen molar-refractivity contribution in [3.63, 3.8) is 0 Å². The summed E-state index contributed by atoms with van der Waals surface area (Å²) in [6.45, 7) is 2.35. The van der Waals surface area contributed by atoms with E-state index in [2.05, 4.69) is 37.2 Å². The summed E-state index contributed by atoms with van der Waals surface area (Å²) in [5.41, 5.74) is 2.57. The van der Waals surface area contributed by atoms with Crippen LogP contribution in [0, 0.1) is 12.7 Å². The Morgan fingerprint density at radius 3 is 2.61 bits per heavy atom. The van der Waals surface area contributed by atoms with Crippen LogP contribution in [0.4, 0.5) is 10.1 Å². The summed E-state index contributed by atoms with van der Waals surface area (Å²) in [5.74, 6) is -0.164. The number of hydrogen-bond acceptors (Lipinski definition) is 1. The molecular formula is C14H12Br2FN. The molecule has 1 nitrogen and oxygen atoms in total. The first-order chi connectivity index (χ1) is 8.56. The fourth-order valence-electron chi connectivity index (χ4n) is 1.58. The van der Waals surface area contributed by atoms with Gasteiger partial charge in [0, 0.05) is 21.2 Å². The average Bonchev–Trinajstić information content (AvgIpc) is 2.34. The van der Waals surface area contributed by atoms with Crippen LogP contribution in [-0.4, -0.2) is 0 Å². The molecule has 0 bridgehead atoms. The van der Waals surface area contributed by atoms with Gasteiger partial charge in [0.05, 0.1) is 0 Å². The quantitative estimate of drug-likeness (QED) is 0.773. The maximum Gasteiger partial charge on any atom is 0.126 e. The zero-order valence-corrected chi connectivity index (χ0v) is 13.0. The van der Waals surface area contributed by atoms with E-state index in [0.717, 1.165) is 20.2 Å². The molecule has 0 aliphatic rings. The van der Waals surface area contributed by atoms with E-state index in [4.69, 9.17) is 0 Å².